The van der Waals surface area contributed by atoms with Crippen LogP contribution < -0.4 is 5.32 Å². The Kier molecular flexibility index (Phi) is 6.52. The van der Waals surface area contributed by atoms with Crippen LogP contribution in [0, 0.1) is 13.8 Å². The Hall–Kier alpha value is -2.78. The Bertz CT molecular complexity index is 981. The van der Waals surface area contributed by atoms with Gasteiger partial charge in [-0.3, -0.25) is 0 Å². The van der Waals surface area contributed by atoms with E-state index in [-0.39, 0.29) is 6.04 Å². The number of hydrogen-bond acceptors (Lipinski definition) is 3. The highest BCUT2D eigenvalue weighted by molar-refractivity contribution is 5.75. The molecule has 0 aliphatic carbocycles. The van der Waals surface area contributed by atoms with Crippen LogP contribution in [0.2, 0.25) is 0 Å². The van der Waals surface area contributed by atoms with Gasteiger partial charge < -0.3 is 15.2 Å². The van der Waals surface area contributed by atoms with Crippen molar-refractivity contribution >= 4 is 5.57 Å². The van der Waals surface area contributed by atoms with Gasteiger partial charge in [-0.15, -0.1) is 0 Å². The van der Waals surface area contributed by atoms with Crippen molar-refractivity contribution in [3.05, 3.63) is 100 Å². The van der Waals surface area contributed by atoms with Crippen LogP contribution in [-0.2, 0) is 10.3 Å². The van der Waals surface area contributed by atoms with Crippen molar-refractivity contribution < 1.29 is 9.84 Å². The van der Waals surface area contributed by atoms with Gasteiger partial charge in [-0.2, -0.15) is 0 Å². The molecule has 0 spiro atoms. The third kappa shape index (κ3) is 5.03. The maximum Gasteiger partial charge on any atom is 0.128 e. The first-order chi connectivity index (χ1) is 14.2. The van der Waals surface area contributed by atoms with Crippen LogP contribution in [0.3, 0.4) is 0 Å². The van der Waals surface area contributed by atoms with E-state index in [1.165, 1.54) is 27.8 Å². The van der Waals surface area contributed by atoms with Crippen molar-refractivity contribution in [1.29, 1.82) is 0 Å². The molecule has 1 aliphatic heterocycles. The molecule has 3 heteroatoms. The van der Waals surface area contributed by atoms with Crippen molar-refractivity contribution in [2.45, 2.75) is 59.3 Å². The third-order valence-corrected chi connectivity index (χ3v) is 5.38. The van der Waals surface area contributed by atoms with Gasteiger partial charge in [0.2, 0.25) is 0 Å². The zero-order valence-electron chi connectivity index (χ0n) is 18.9. The van der Waals surface area contributed by atoms with Crippen LogP contribution in [0.1, 0.15) is 61.6 Å². The second-order valence-corrected chi connectivity index (χ2v) is 8.64. The van der Waals surface area contributed by atoms with E-state index in [0.717, 1.165) is 11.3 Å². The molecule has 2 atom stereocenters. The number of benzene rings is 2. The molecular weight excluding hydrogens is 370 g/mol. The van der Waals surface area contributed by atoms with Gasteiger partial charge in [-0.1, -0.05) is 60.2 Å². The quantitative estimate of drug-likeness (QED) is 0.574. The van der Waals surface area contributed by atoms with E-state index in [1.54, 1.807) is 13.0 Å². The lowest BCUT2D eigenvalue weighted by atomic mass is 9.84. The molecule has 0 saturated carbocycles. The summed E-state index contributed by atoms with van der Waals surface area (Å²) in [7, 11) is 0. The molecule has 2 N–H and O–H groups in total. The number of rotatable bonds is 6. The number of allylic oxidation sites excluding steroid dienone is 3. The molecule has 0 bridgehead atoms. The number of ether oxygens (including phenoxy) is 1. The van der Waals surface area contributed by atoms with Crippen LogP contribution in [0.15, 0.2) is 72.7 Å². The fourth-order valence-electron chi connectivity index (χ4n) is 4.19. The average Bonchev–Trinajstić information content (AvgIpc) is 2.67. The van der Waals surface area contributed by atoms with Crippen molar-refractivity contribution in [3.63, 3.8) is 0 Å². The SMILES string of the molecule is C/C(=C/C(C)O)OC(C)(C)c1cc(C)cc(C)c1C1C=CC(c2ccccc2)=CN1. The molecule has 1 aliphatic rings. The maximum atomic E-state index is 9.67. The van der Waals surface area contributed by atoms with Gasteiger partial charge in [0, 0.05) is 11.8 Å². The Morgan fingerprint density at radius 3 is 2.47 bits per heavy atom. The van der Waals surface area contributed by atoms with E-state index >= 15 is 0 Å². The first-order valence-corrected chi connectivity index (χ1v) is 10.5. The highest BCUT2D eigenvalue weighted by atomic mass is 16.5. The standard InChI is InChI=1S/C27H33NO2/c1-18-14-19(2)26(24(15-18)27(5,6)30-21(4)16-20(3)29)25-13-12-23(17-28-25)22-10-8-7-9-11-22/h7-17,20,25,28-29H,1-6H3/b21-16-. The van der Waals surface area contributed by atoms with E-state index in [9.17, 15) is 5.11 Å². The summed E-state index contributed by atoms with van der Waals surface area (Å²) >= 11 is 0. The first kappa shape index (κ1) is 21.9. The number of hydrogen-bond donors (Lipinski definition) is 2. The molecule has 0 amide bonds. The van der Waals surface area contributed by atoms with E-state index in [2.05, 4.69) is 87.8 Å². The predicted molar refractivity (Wildman–Crippen MR) is 125 cm³/mol. The summed E-state index contributed by atoms with van der Waals surface area (Å²) in [5.74, 6) is 0.721. The van der Waals surface area contributed by atoms with E-state index in [0.29, 0.717) is 0 Å². The molecular formula is C27H33NO2. The Balaban J connectivity index is 1.95. The fourth-order valence-corrected chi connectivity index (χ4v) is 4.19. The number of aliphatic hydroxyl groups excluding tert-OH is 1. The van der Waals surface area contributed by atoms with Crippen LogP contribution in [0.25, 0.3) is 5.57 Å². The fraction of sp³-hybridized carbons (Fsp3) is 0.333. The number of dihydropyridines is 1. The average molecular weight is 404 g/mol. The Morgan fingerprint density at radius 2 is 1.87 bits per heavy atom. The molecule has 0 radical (unpaired) electrons. The lowest BCUT2D eigenvalue weighted by Crippen LogP contribution is -2.28. The van der Waals surface area contributed by atoms with Gasteiger partial charge in [0.25, 0.3) is 0 Å². The lowest BCUT2D eigenvalue weighted by Gasteiger charge is -2.33. The summed E-state index contributed by atoms with van der Waals surface area (Å²) in [5, 5.41) is 13.3. The van der Waals surface area contributed by atoms with Gasteiger partial charge in [-0.05, 0) is 69.9 Å². The van der Waals surface area contributed by atoms with Crippen molar-refractivity contribution in [2.75, 3.05) is 0 Å². The smallest absolute Gasteiger partial charge is 0.128 e. The molecule has 2 aromatic rings. The zero-order chi connectivity index (χ0) is 21.9. The predicted octanol–water partition coefficient (Wildman–Crippen LogP) is 6.08. The second kappa shape index (κ2) is 8.93. The molecule has 2 aromatic carbocycles. The number of aryl methyl sites for hydroxylation is 2. The minimum atomic E-state index is -0.541. The van der Waals surface area contributed by atoms with Gasteiger partial charge in [0.1, 0.15) is 5.60 Å². The lowest BCUT2D eigenvalue weighted by molar-refractivity contribution is 0.0293. The zero-order valence-corrected chi connectivity index (χ0v) is 18.9. The minimum absolute atomic E-state index is 0.0667. The highest BCUT2D eigenvalue weighted by Crippen LogP contribution is 2.37. The van der Waals surface area contributed by atoms with E-state index < -0.39 is 11.7 Å². The molecule has 3 rings (SSSR count). The van der Waals surface area contributed by atoms with Crippen LogP contribution in [0.5, 0.6) is 0 Å². The molecule has 0 fully saturated rings. The van der Waals surface area contributed by atoms with Crippen LogP contribution >= 0.6 is 0 Å². The van der Waals surface area contributed by atoms with Gasteiger partial charge >= 0.3 is 0 Å². The normalized spacial score (nSPS) is 17.9. The summed E-state index contributed by atoms with van der Waals surface area (Å²) in [6.45, 7) is 12.1. The Morgan fingerprint density at radius 1 is 1.17 bits per heavy atom. The van der Waals surface area contributed by atoms with Crippen molar-refractivity contribution in [2.24, 2.45) is 0 Å². The number of aliphatic hydroxyl groups is 1. The van der Waals surface area contributed by atoms with Crippen LogP contribution in [-0.4, -0.2) is 11.2 Å². The molecule has 3 nitrogen and oxygen atoms in total. The van der Waals surface area contributed by atoms with E-state index in [1.807, 2.05) is 13.0 Å². The second-order valence-electron chi connectivity index (χ2n) is 8.64. The maximum absolute atomic E-state index is 9.67. The van der Waals surface area contributed by atoms with Gasteiger partial charge in [-0.25, -0.2) is 0 Å². The highest BCUT2D eigenvalue weighted by Gasteiger charge is 2.30. The van der Waals surface area contributed by atoms with Crippen LogP contribution in [0.4, 0.5) is 0 Å². The monoisotopic (exact) mass is 403 g/mol. The third-order valence-electron chi connectivity index (χ3n) is 5.38. The first-order valence-electron chi connectivity index (χ1n) is 10.5. The molecule has 0 saturated heterocycles. The van der Waals surface area contributed by atoms with Gasteiger partial charge in [0.15, 0.2) is 0 Å². The summed E-state index contributed by atoms with van der Waals surface area (Å²) in [6.07, 6.45) is 7.70. The van der Waals surface area contributed by atoms with E-state index in [4.69, 9.17) is 4.74 Å². The number of nitrogens with one attached hydrogen (secondary N) is 1. The molecule has 2 unspecified atom stereocenters. The molecule has 158 valence electrons. The summed E-state index contributed by atoms with van der Waals surface area (Å²) in [4.78, 5) is 0. The minimum Gasteiger partial charge on any atom is -0.488 e. The van der Waals surface area contributed by atoms with Gasteiger partial charge in [0.05, 0.1) is 17.9 Å². The topological polar surface area (TPSA) is 41.5 Å². The molecule has 0 aromatic heterocycles. The van der Waals surface area contributed by atoms with Crippen molar-refractivity contribution in [3.8, 4) is 0 Å². The summed E-state index contributed by atoms with van der Waals surface area (Å²) < 4.78 is 6.30. The Labute approximate surface area is 180 Å². The summed E-state index contributed by atoms with van der Waals surface area (Å²) in [6, 6.07) is 14.9. The summed E-state index contributed by atoms with van der Waals surface area (Å²) in [5.41, 5.74) is 6.65. The molecule has 1 heterocycles. The largest absolute Gasteiger partial charge is 0.488 e. The molecule has 30 heavy (non-hydrogen) atoms. The van der Waals surface area contributed by atoms with Crippen molar-refractivity contribution in [1.82, 2.24) is 5.32 Å².